The Balaban J connectivity index is 2.03. The van der Waals surface area contributed by atoms with Gasteiger partial charge in [-0.25, -0.2) is 0 Å². The third-order valence-corrected chi connectivity index (χ3v) is 4.77. The number of aromatic nitrogens is 1. The van der Waals surface area contributed by atoms with Crippen LogP contribution in [0.1, 0.15) is 41.9 Å². The molecule has 1 N–H and O–H groups in total. The first-order valence-corrected chi connectivity index (χ1v) is 7.35. The third kappa shape index (κ3) is 1.52. The van der Waals surface area contributed by atoms with Crippen LogP contribution in [0.25, 0.3) is 10.9 Å². The van der Waals surface area contributed by atoms with Crippen LogP contribution in [-0.2, 0) is 6.42 Å². The standard InChI is InChI=1S/C17H18N2O/c1-9(2)10-6-13-17-14(7-10)19-12-5-3-4-11(16(12)17)15(20)8-18-13/h3-5,9-10,19H,6-8H2,1-2H3. The zero-order valence-electron chi connectivity index (χ0n) is 11.9. The van der Waals surface area contributed by atoms with Crippen molar-refractivity contribution in [3.63, 3.8) is 0 Å². The summed E-state index contributed by atoms with van der Waals surface area (Å²) in [6, 6.07) is 5.96. The first-order chi connectivity index (χ1) is 9.65. The molecular weight excluding hydrogens is 248 g/mol. The Kier molecular flexibility index (Phi) is 2.40. The fourth-order valence-electron chi connectivity index (χ4n) is 3.56. The fourth-order valence-corrected chi connectivity index (χ4v) is 3.56. The van der Waals surface area contributed by atoms with Crippen molar-refractivity contribution in [3.8, 4) is 0 Å². The van der Waals surface area contributed by atoms with Crippen LogP contribution in [0.5, 0.6) is 0 Å². The molecule has 0 radical (unpaired) electrons. The van der Waals surface area contributed by atoms with Gasteiger partial charge in [0, 0.05) is 33.4 Å². The van der Waals surface area contributed by atoms with Crippen molar-refractivity contribution < 1.29 is 4.79 Å². The van der Waals surface area contributed by atoms with Gasteiger partial charge in [0.1, 0.15) is 6.54 Å². The van der Waals surface area contributed by atoms with E-state index in [1.54, 1.807) is 0 Å². The van der Waals surface area contributed by atoms with E-state index in [9.17, 15) is 4.79 Å². The lowest BCUT2D eigenvalue weighted by Gasteiger charge is -2.26. The summed E-state index contributed by atoms with van der Waals surface area (Å²) in [5, 5.41) is 1.10. The molecule has 0 saturated heterocycles. The average molecular weight is 266 g/mol. The summed E-state index contributed by atoms with van der Waals surface area (Å²) in [5.74, 6) is 1.39. The highest BCUT2D eigenvalue weighted by Gasteiger charge is 2.31. The molecule has 2 heterocycles. The maximum absolute atomic E-state index is 12.3. The quantitative estimate of drug-likeness (QED) is 0.845. The fraction of sp³-hybridized carbons (Fsp3) is 0.412. The summed E-state index contributed by atoms with van der Waals surface area (Å²) in [5.41, 5.74) is 5.54. The Hall–Kier alpha value is -1.90. The van der Waals surface area contributed by atoms with Crippen molar-refractivity contribution in [1.29, 1.82) is 0 Å². The minimum Gasteiger partial charge on any atom is -0.358 e. The Bertz CT molecular complexity index is 752. The van der Waals surface area contributed by atoms with Crippen molar-refractivity contribution in [2.75, 3.05) is 6.54 Å². The smallest absolute Gasteiger partial charge is 0.184 e. The van der Waals surface area contributed by atoms with Gasteiger partial charge in [-0.3, -0.25) is 9.79 Å². The van der Waals surface area contributed by atoms with E-state index in [1.807, 2.05) is 12.1 Å². The van der Waals surface area contributed by atoms with Crippen LogP contribution in [0.15, 0.2) is 23.2 Å². The largest absolute Gasteiger partial charge is 0.358 e. The summed E-state index contributed by atoms with van der Waals surface area (Å²) in [6.45, 7) is 4.84. The van der Waals surface area contributed by atoms with Gasteiger partial charge in [-0.1, -0.05) is 26.0 Å². The van der Waals surface area contributed by atoms with Crippen LogP contribution in [0.3, 0.4) is 0 Å². The number of ketones is 1. The second-order valence-electron chi connectivity index (χ2n) is 6.31. The molecule has 20 heavy (non-hydrogen) atoms. The van der Waals surface area contributed by atoms with Gasteiger partial charge in [0.25, 0.3) is 0 Å². The number of aliphatic imine (C=N–C) groups is 1. The summed E-state index contributed by atoms with van der Waals surface area (Å²) in [4.78, 5) is 20.4. The Labute approximate surface area is 118 Å². The minimum absolute atomic E-state index is 0.139. The highest BCUT2D eigenvalue weighted by molar-refractivity contribution is 6.21. The number of Topliss-reactive ketones (excluding diaryl/α,β-unsaturated/α-hetero) is 1. The number of H-pyrrole nitrogens is 1. The highest BCUT2D eigenvalue weighted by atomic mass is 16.1. The molecule has 1 aromatic carbocycles. The Morgan fingerprint density at radius 3 is 2.95 bits per heavy atom. The molecule has 0 fully saturated rings. The van der Waals surface area contributed by atoms with Crippen LogP contribution in [0.2, 0.25) is 0 Å². The van der Waals surface area contributed by atoms with E-state index in [0.717, 1.165) is 35.0 Å². The summed E-state index contributed by atoms with van der Waals surface area (Å²) in [6.07, 6.45) is 2.06. The second-order valence-corrected chi connectivity index (χ2v) is 6.31. The SMILES string of the molecule is CC(C)C1CC2=NCC(=O)c3cccc4[nH]c(c2c34)C1. The molecule has 3 heteroatoms. The number of nitrogens with one attached hydrogen (secondary N) is 1. The van der Waals surface area contributed by atoms with E-state index in [-0.39, 0.29) is 5.78 Å². The molecule has 4 rings (SSSR count). The molecule has 0 spiro atoms. The van der Waals surface area contributed by atoms with Crippen LogP contribution in [0, 0.1) is 11.8 Å². The number of aromatic amines is 1. The van der Waals surface area contributed by atoms with Gasteiger partial charge in [-0.05, 0) is 30.7 Å². The monoisotopic (exact) mass is 266 g/mol. The minimum atomic E-state index is 0.139. The summed E-state index contributed by atoms with van der Waals surface area (Å²) >= 11 is 0. The van der Waals surface area contributed by atoms with Gasteiger partial charge < -0.3 is 4.98 Å². The van der Waals surface area contributed by atoms with E-state index < -0.39 is 0 Å². The molecule has 3 nitrogen and oxygen atoms in total. The third-order valence-electron chi connectivity index (χ3n) is 4.77. The molecule has 1 unspecified atom stereocenters. The van der Waals surface area contributed by atoms with Crippen LogP contribution in [-0.4, -0.2) is 23.0 Å². The van der Waals surface area contributed by atoms with Gasteiger partial charge in [0.05, 0.1) is 0 Å². The maximum atomic E-state index is 12.3. The van der Waals surface area contributed by atoms with Gasteiger partial charge in [-0.2, -0.15) is 0 Å². The zero-order chi connectivity index (χ0) is 13.9. The number of rotatable bonds is 1. The highest BCUT2D eigenvalue weighted by Crippen LogP contribution is 2.37. The van der Waals surface area contributed by atoms with Gasteiger partial charge in [0.15, 0.2) is 5.78 Å². The molecule has 1 aliphatic carbocycles. The first kappa shape index (κ1) is 11.9. The molecule has 0 saturated carbocycles. The van der Waals surface area contributed by atoms with Gasteiger partial charge in [0.2, 0.25) is 0 Å². The average Bonchev–Trinajstić information content (AvgIpc) is 2.74. The molecule has 102 valence electrons. The molecule has 1 aromatic heterocycles. The number of hydrogen-bond acceptors (Lipinski definition) is 2. The summed E-state index contributed by atoms with van der Waals surface area (Å²) in [7, 11) is 0. The van der Waals surface area contributed by atoms with E-state index in [2.05, 4.69) is 29.9 Å². The lowest BCUT2D eigenvalue weighted by Crippen LogP contribution is -2.24. The first-order valence-electron chi connectivity index (χ1n) is 7.35. The second kappa shape index (κ2) is 4.05. The topological polar surface area (TPSA) is 45.2 Å². The van der Waals surface area contributed by atoms with Crippen LogP contribution < -0.4 is 0 Å². The van der Waals surface area contributed by atoms with Gasteiger partial charge in [-0.15, -0.1) is 0 Å². The zero-order valence-corrected chi connectivity index (χ0v) is 11.9. The molecule has 0 bridgehead atoms. The predicted octanol–water partition coefficient (Wildman–Crippen LogP) is 3.37. The molecule has 2 aromatic rings. The molecule has 2 aliphatic rings. The number of nitrogens with zero attached hydrogens (tertiary/aromatic N) is 1. The van der Waals surface area contributed by atoms with Crippen molar-refractivity contribution in [3.05, 3.63) is 35.0 Å². The van der Waals surface area contributed by atoms with Crippen molar-refractivity contribution in [2.24, 2.45) is 16.8 Å². The number of carbonyl (C=O) groups excluding carboxylic acids is 1. The Morgan fingerprint density at radius 2 is 2.15 bits per heavy atom. The normalized spacial score (nSPS) is 21.2. The predicted molar refractivity (Wildman–Crippen MR) is 80.7 cm³/mol. The van der Waals surface area contributed by atoms with Gasteiger partial charge >= 0.3 is 0 Å². The molecule has 0 amide bonds. The van der Waals surface area contributed by atoms with Crippen LogP contribution >= 0.6 is 0 Å². The Morgan fingerprint density at radius 1 is 1.30 bits per heavy atom. The lowest BCUT2D eigenvalue weighted by molar-refractivity contribution is 0.100. The van der Waals surface area contributed by atoms with E-state index in [1.165, 1.54) is 11.3 Å². The number of carbonyl (C=O) groups is 1. The lowest BCUT2D eigenvalue weighted by atomic mass is 9.79. The molecule has 1 atom stereocenters. The van der Waals surface area contributed by atoms with Crippen molar-refractivity contribution in [2.45, 2.75) is 26.7 Å². The van der Waals surface area contributed by atoms with E-state index >= 15 is 0 Å². The van der Waals surface area contributed by atoms with Crippen molar-refractivity contribution >= 4 is 22.4 Å². The molecular formula is C17H18N2O. The van der Waals surface area contributed by atoms with E-state index in [0.29, 0.717) is 18.4 Å². The van der Waals surface area contributed by atoms with Crippen LogP contribution in [0.4, 0.5) is 0 Å². The summed E-state index contributed by atoms with van der Waals surface area (Å²) < 4.78 is 0. The van der Waals surface area contributed by atoms with Crippen molar-refractivity contribution in [1.82, 2.24) is 4.98 Å². The number of hydrogen-bond donors (Lipinski definition) is 1. The number of benzene rings is 1. The maximum Gasteiger partial charge on any atom is 0.184 e. The van der Waals surface area contributed by atoms with E-state index in [4.69, 9.17) is 0 Å². The molecule has 1 aliphatic heterocycles.